The van der Waals surface area contributed by atoms with E-state index in [1.807, 2.05) is 41.4 Å². The summed E-state index contributed by atoms with van der Waals surface area (Å²) in [4.78, 5) is 41.5. The van der Waals surface area contributed by atoms with Gasteiger partial charge in [-0.2, -0.15) is 5.26 Å². The van der Waals surface area contributed by atoms with Gasteiger partial charge in [0, 0.05) is 54.8 Å². The van der Waals surface area contributed by atoms with Crippen molar-refractivity contribution in [3.8, 4) is 17.3 Å². The first-order valence-corrected chi connectivity index (χ1v) is 12.1. The first kappa shape index (κ1) is 24.0. The number of amides is 2. The third-order valence-corrected chi connectivity index (χ3v) is 6.66. The van der Waals surface area contributed by atoms with E-state index in [2.05, 4.69) is 34.0 Å². The van der Waals surface area contributed by atoms with Crippen LogP contribution in [0.25, 0.3) is 22.3 Å². The molecule has 2 N–H and O–H groups in total. The van der Waals surface area contributed by atoms with Gasteiger partial charge >= 0.3 is 0 Å². The number of carbonyl (C=O) groups excluding carboxylic acids is 2. The summed E-state index contributed by atoms with van der Waals surface area (Å²) in [5.74, 6) is 0.625. The molecule has 4 heterocycles. The molecule has 0 aliphatic carbocycles. The van der Waals surface area contributed by atoms with Gasteiger partial charge in [-0.05, 0) is 50.2 Å². The van der Waals surface area contributed by atoms with Gasteiger partial charge in [0.2, 0.25) is 5.91 Å². The number of anilines is 2. The molecule has 0 bridgehead atoms. The largest absolute Gasteiger partial charge is 0.352 e. The number of nitrogens with zero attached hydrogens (tertiary/aromatic N) is 5. The maximum absolute atomic E-state index is 12.8. The number of carbonyl (C=O) groups is 2. The first-order chi connectivity index (χ1) is 17.8. The van der Waals surface area contributed by atoms with Crippen LogP contribution in [0.2, 0.25) is 0 Å². The SMILES string of the molecule is CC(=O)N1[C@H](C)CN(c2cccc(-c3c[nH]c4ncc(NC(=O)c5cccc(C#N)c5)cc34)n2)C[C@@H]1C. The van der Waals surface area contributed by atoms with Crippen LogP contribution in [0.5, 0.6) is 0 Å². The summed E-state index contributed by atoms with van der Waals surface area (Å²) < 4.78 is 0. The lowest BCUT2D eigenvalue weighted by molar-refractivity contribution is -0.133. The monoisotopic (exact) mass is 493 g/mol. The molecule has 2 atom stereocenters. The van der Waals surface area contributed by atoms with Crippen molar-refractivity contribution in [3.63, 3.8) is 0 Å². The van der Waals surface area contributed by atoms with Gasteiger partial charge in [0.1, 0.15) is 11.5 Å². The summed E-state index contributed by atoms with van der Waals surface area (Å²) in [6.45, 7) is 7.15. The highest BCUT2D eigenvalue weighted by molar-refractivity contribution is 6.05. The summed E-state index contributed by atoms with van der Waals surface area (Å²) in [5, 5.41) is 12.8. The third-order valence-electron chi connectivity index (χ3n) is 6.66. The number of benzene rings is 1. The molecule has 5 rings (SSSR count). The number of aromatic nitrogens is 3. The number of hydrogen-bond donors (Lipinski definition) is 2. The number of fused-ring (bicyclic) bond motifs is 1. The number of nitrogens with one attached hydrogen (secondary N) is 2. The van der Waals surface area contributed by atoms with Crippen molar-refractivity contribution >= 4 is 34.4 Å². The predicted molar refractivity (Wildman–Crippen MR) is 142 cm³/mol. The minimum atomic E-state index is -0.316. The van der Waals surface area contributed by atoms with Gasteiger partial charge in [-0.15, -0.1) is 0 Å². The van der Waals surface area contributed by atoms with Gasteiger partial charge in [-0.3, -0.25) is 9.59 Å². The van der Waals surface area contributed by atoms with Crippen molar-refractivity contribution < 1.29 is 9.59 Å². The Hall–Kier alpha value is -4.71. The topological polar surface area (TPSA) is 118 Å². The lowest BCUT2D eigenvalue weighted by Gasteiger charge is -2.44. The lowest BCUT2D eigenvalue weighted by atomic mass is 10.1. The lowest BCUT2D eigenvalue weighted by Crippen LogP contribution is -2.58. The van der Waals surface area contributed by atoms with Crippen LogP contribution in [0.1, 0.15) is 36.7 Å². The summed E-state index contributed by atoms with van der Waals surface area (Å²) in [7, 11) is 0. The smallest absolute Gasteiger partial charge is 0.255 e. The fourth-order valence-corrected chi connectivity index (χ4v) is 5.10. The van der Waals surface area contributed by atoms with E-state index in [9.17, 15) is 9.59 Å². The minimum Gasteiger partial charge on any atom is -0.352 e. The van der Waals surface area contributed by atoms with E-state index in [0.29, 0.717) is 35.6 Å². The van der Waals surface area contributed by atoms with E-state index >= 15 is 0 Å². The summed E-state index contributed by atoms with van der Waals surface area (Å²) in [5.41, 5.74) is 3.70. The fraction of sp³-hybridized carbons (Fsp3) is 0.250. The molecule has 186 valence electrons. The maximum atomic E-state index is 12.8. The second-order valence-electron chi connectivity index (χ2n) is 9.38. The standard InChI is InChI=1S/C28H27N7O2/c1-17-15-34(16-18(2)35(17)19(3)36)26-9-5-8-25(33-26)24-14-31-27-23(24)11-22(13-30-27)32-28(37)21-7-4-6-20(10-21)12-29/h4-11,13-14,17-18H,15-16H2,1-3H3,(H,30,31)(H,32,37)/t17-,18+. The maximum Gasteiger partial charge on any atom is 0.255 e. The van der Waals surface area contributed by atoms with E-state index in [1.54, 1.807) is 37.4 Å². The molecular formula is C28H27N7O2. The van der Waals surface area contributed by atoms with Crippen molar-refractivity contribution in [2.75, 3.05) is 23.3 Å². The van der Waals surface area contributed by atoms with Gasteiger partial charge in [0.05, 0.1) is 29.2 Å². The van der Waals surface area contributed by atoms with E-state index in [0.717, 1.165) is 22.5 Å². The van der Waals surface area contributed by atoms with E-state index < -0.39 is 0 Å². The van der Waals surface area contributed by atoms with Crippen molar-refractivity contribution in [3.05, 3.63) is 72.1 Å². The average molecular weight is 494 g/mol. The summed E-state index contributed by atoms with van der Waals surface area (Å²) in [6, 6.07) is 16.5. The van der Waals surface area contributed by atoms with Gasteiger partial charge in [-0.1, -0.05) is 12.1 Å². The van der Waals surface area contributed by atoms with Crippen molar-refractivity contribution in [2.45, 2.75) is 32.9 Å². The molecule has 9 nitrogen and oxygen atoms in total. The Morgan fingerprint density at radius 2 is 1.86 bits per heavy atom. The highest BCUT2D eigenvalue weighted by Crippen LogP contribution is 2.30. The highest BCUT2D eigenvalue weighted by Gasteiger charge is 2.31. The van der Waals surface area contributed by atoms with Crippen LogP contribution in [0, 0.1) is 11.3 Å². The molecule has 9 heteroatoms. The van der Waals surface area contributed by atoms with Crippen molar-refractivity contribution in [1.29, 1.82) is 5.26 Å². The molecule has 1 aromatic carbocycles. The molecule has 1 fully saturated rings. The molecule has 1 saturated heterocycles. The first-order valence-electron chi connectivity index (χ1n) is 12.1. The molecule has 1 aliphatic heterocycles. The van der Waals surface area contributed by atoms with Gasteiger partial charge in [-0.25, -0.2) is 9.97 Å². The Morgan fingerprint density at radius 3 is 2.59 bits per heavy atom. The summed E-state index contributed by atoms with van der Waals surface area (Å²) in [6.07, 6.45) is 3.46. The van der Waals surface area contributed by atoms with Crippen molar-refractivity contribution in [1.82, 2.24) is 19.9 Å². The normalized spacial score (nSPS) is 17.5. The second kappa shape index (κ2) is 9.74. The predicted octanol–water partition coefficient (Wildman–Crippen LogP) is 4.19. The molecule has 3 aromatic heterocycles. The number of aromatic amines is 1. The zero-order valence-corrected chi connectivity index (χ0v) is 20.9. The number of H-pyrrole nitrogens is 1. The van der Waals surface area contributed by atoms with Gasteiger partial charge in [0.25, 0.3) is 5.91 Å². The minimum absolute atomic E-state index is 0.0871. The number of pyridine rings is 2. The molecule has 37 heavy (non-hydrogen) atoms. The molecule has 1 aliphatic rings. The van der Waals surface area contributed by atoms with Gasteiger partial charge in [0.15, 0.2) is 0 Å². The highest BCUT2D eigenvalue weighted by atomic mass is 16.2. The molecular weight excluding hydrogens is 466 g/mol. The zero-order chi connectivity index (χ0) is 26.1. The molecule has 0 saturated carbocycles. The molecule has 0 unspecified atom stereocenters. The van der Waals surface area contributed by atoms with Crippen LogP contribution in [-0.2, 0) is 4.79 Å². The van der Waals surface area contributed by atoms with Crippen LogP contribution in [0.4, 0.5) is 11.5 Å². The zero-order valence-electron chi connectivity index (χ0n) is 20.9. The Kier molecular flexibility index (Phi) is 6.32. The van der Waals surface area contributed by atoms with Crippen LogP contribution < -0.4 is 10.2 Å². The molecule has 2 amide bonds. The summed E-state index contributed by atoms with van der Waals surface area (Å²) >= 11 is 0. The fourth-order valence-electron chi connectivity index (χ4n) is 5.10. The molecule has 4 aromatic rings. The van der Waals surface area contributed by atoms with Crippen LogP contribution >= 0.6 is 0 Å². The van der Waals surface area contributed by atoms with E-state index in [4.69, 9.17) is 10.2 Å². The third kappa shape index (κ3) is 4.74. The molecule has 0 spiro atoms. The average Bonchev–Trinajstić information content (AvgIpc) is 3.31. The van der Waals surface area contributed by atoms with Crippen LogP contribution in [0.15, 0.2) is 60.9 Å². The number of nitriles is 1. The number of rotatable bonds is 4. The Bertz CT molecular complexity index is 1530. The van der Waals surface area contributed by atoms with Crippen molar-refractivity contribution in [2.24, 2.45) is 0 Å². The Morgan fingerprint density at radius 1 is 1.11 bits per heavy atom. The number of hydrogen-bond acceptors (Lipinski definition) is 6. The van der Waals surface area contributed by atoms with E-state index in [-0.39, 0.29) is 23.9 Å². The number of piperazine rings is 1. The second-order valence-corrected chi connectivity index (χ2v) is 9.38. The quantitative estimate of drug-likeness (QED) is 0.440. The van der Waals surface area contributed by atoms with Crippen LogP contribution in [-0.4, -0.2) is 56.8 Å². The van der Waals surface area contributed by atoms with Gasteiger partial charge < -0.3 is 20.1 Å². The van der Waals surface area contributed by atoms with E-state index in [1.165, 1.54) is 0 Å². The Labute approximate surface area is 214 Å². The molecule has 0 radical (unpaired) electrons. The Balaban J connectivity index is 1.41. The van der Waals surface area contributed by atoms with Crippen LogP contribution in [0.3, 0.4) is 0 Å².